The van der Waals surface area contributed by atoms with Gasteiger partial charge in [0.2, 0.25) is 0 Å². The average Bonchev–Trinajstić information content (AvgIpc) is 2.91. The second kappa shape index (κ2) is 15.3. The van der Waals surface area contributed by atoms with Crippen molar-refractivity contribution < 1.29 is 14.3 Å². The molecule has 1 unspecified atom stereocenters. The van der Waals surface area contributed by atoms with E-state index in [4.69, 9.17) is 9.47 Å². The summed E-state index contributed by atoms with van der Waals surface area (Å²) in [7, 11) is 0. The van der Waals surface area contributed by atoms with Gasteiger partial charge in [-0.05, 0) is 66.6 Å². The van der Waals surface area contributed by atoms with E-state index in [1.54, 1.807) is 0 Å². The minimum atomic E-state index is -0.314. The van der Waals surface area contributed by atoms with Crippen LogP contribution >= 0.6 is 0 Å². The second-order valence-corrected chi connectivity index (χ2v) is 9.58. The predicted octanol–water partition coefficient (Wildman–Crippen LogP) is 9.35. The number of esters is 1. The van der Waals surface area contributed by atoms with Crippen LogP contribution in [0.5, 0.6) is 5.75 Å². The van der Waals surface area contributed by atoms with Gasteiger partial charge in [-0.3, -0.25) is 0 Å². The molecule has 0 N–H and O–H groups in total. The smallest absolute Gasteiger partial charge is 0.343 e. The number of carbonyl (C=O) groups excluding carboxylic acids is 1. The zero-order valence-electron chi connectivity index (χ0n) is 22.3. The lowest BCUT2D eigenvalue weighted by Crippen LogP contribution is -2.09. The Labute approximate surface area is 217 Å². The number of hydrogen-bond donors (Lipinski definition) is 0. The normalized spacial score (nSPS) is 11.9. The van der Waals surface area contributed by atoms with Gasteiger partial charge >= 0.3 is 5.97 Å². The molecule has 0 bridgehead atoms. The van der Waals surface area contributed by atoms with E-state index in [-0.39, 0.29) is 12.1 Å². The molecular weight excluding hydrogens is 444 g/mol. The van der Waals surface area contributed by atoms with Gasteiger partial charge in [-0.25, -0.2) is 4.79 Å². The first kappa shape index (κ1) is 27.7. The molecule has 0 amide bonds. The fourth-order valence-electron chi connectivity index (χ4n) is 4.31. The van der Waals surface area contributed by atoms with Gasteiger partial charge in [-0.1, -0.05) is 107 Å². The van der Waals surface area contributed by atoms with Crippen LogP contribution in [0.4, 0.5) is 0 Å². The van der Waals surface area contributed by atoms with Crippen LogP contribution in [-0.2, 0) is 11.2 Å². The molecular formula is C33H42O3. The average molecular weight is 487 g/mol. The van der Waals surface area contributed by atoms with Crippen LogP contribution in [-0.4, -0.2) is 12.6 Å². The van der Waals surface area contributed by atoms with Crippen molar-refractivity contribution in [3.63, 3.8) is 0 Å². The van der Waals surface area contributed by atoms with Crippen LogP contribution in [0.25, 0.3) is 11.1 Å². The van der Waals surface area contributed by atoms with Gasteiger partial charge in [0.25, 0.3) is 0 Å². The van der Waals surface area contributed by atoms with Crippen molar-refractivity contribution in [2.75, 3.05) is 6.61 Å². The zero-order chi connectivity index (χ0) is 25.6. The molecule has 1 atom stereocenters. The first-order valence-corrected chi connectivity index (χ1v) is 13.7. The Morgan fingerprint density at radius 2 is 1.33 bits per heavy atom. The molecule has 3 aromatic rings. The third kappa shape index (κ3) is 8.64. The first-order valence-electron chi connectivity index (χ1n) is 13.7. The van der Waals surface area contributed by atoms with Crippen molar-refractivity contribution in [3.8, 4) is 16.9 Å². The van der Waals surface area contributed by atoms with Gasteiger partial charge in [-0.2, -0.15) is 0 Å². The highest BCUT2D eigenvalue weighted by molar-refractivity contribution is 5.91. The molecule has 0 spiro atoms. The van der Waals surface area contributed by atoms with Crippen LogP contribution in [0.2, 0.25) is 0 Å². The summed E-state index contributed by atoms with van der Waals surface area (Å²) in [6.07, 6.45) is 10.7. The first-order chi connectivity index (χ1) is 17.6. The van der Waals surface area contributed by atoms with Crippen molar-refractivity contribution in [1.29, 1.82) is 0 Å². The third-order valence-electron chi connectivity index (χ3n) is 6.67. The summed E-state index contributed by atoms with van der Waals surface area (Å²) in [4.78, 5) is 12.9. The van der Waals surface area contributed by atoms with Crippen LogP contribution in [0.3, 0.4) is 0 Å². The van der Waals surface area contributed by atoms with Crippen molar-refractivity contribution in [1.82, 2.24) is 0 Å². The zero-order valence-corrected chi connectivity index (χ0v) is 22.3. The number of rotatable bonds is 15. The maximum Gasteiger partial charge on any atom is 0.343 e. The molecule has 0 aliphatic carbocycles. The molecule has 3 aromatic carbocycles. The minimum absolute atomic E-state index is 0.0895. The number of para-hydroxylation sites is 1. The topological polar surface area (TPSA) is 35.5 Å². The second-order valence-electron chi connectivity index (χ2n) is 9.58. The largest absolute Gasteiger partial charge is 0.423 e. The molecule has 192 valence electrons. The molecule has 36 heavy (non-hydrogen) atoms. The molecule has 3 nitrogen and oxygen atoms in total. The van der Waals surface area contributed by atoms with Gasteiger partial charge in [-0.15, -0.1) is 0 Å². The molecule has 3 rings (SSSR count). The summed E-state index contributed by atoms with van der Waals surface area (Å²) in [5, 5.41) is 0. The highest BCUT2D eigenvalue weighted by Crippen LogP contribution is 2.26. The van der Waals surface area contributed by atoms with E-state index >= 15 is 0 Å². The molecule has 0 aromatic heterocycles. The quantitative estimate of drug-likeness (QED) is 0.122. The van der Waals surface area contributed by atoms with E-state index in [0.29, 0.717) is 11.3 Å². The Balaban J connectivity index is 1.56. The van der Waals surface area contributed by atoms with E-state index in [9.17, 15) is 4.79 Å². The SMILES string of the molecule is CCCCCCCCc1ccccc1OC(=O)c1ccc(-c2ccc(C(C)OCCCC)cc2)cc1. The molecule has 0 heterocycles. The summed E-state index contributed by atoms with van der Waals surface area (Å²) in [5.74, 6) is 0.358. The van der Waals surface area contributed by atoms with Gasteiger partial charge in [0, 0.05) is 6.61 Å². The van der Waals surface area contributed by atoms with Crippen LogP contribution in [0.15, 0.2) is 72.8 Å². The standard InChI is InChI=1S/C33H42O3/c1-4-6-8-9-10-11-14-30-15-12-13-16-32(30)36-33(34)31-23-21-29(22-24-31)28-19-17-27(18-20-28)26(3)35-25-7-5-2/h12-13,15-24,26H,4-11,14,25H2,1-3H3. The van der Waals surface area contributed by atoms with E-state index < -0.39 is 0 Å². The molecule has 3 heteroatoms. The van der Waals surface area contributed by atoms with Crippen molar-refractivity contribution in [2.45, 2.75) is 84.7 Å². The Morgan fingerprint density at radius 1 is 0.722 bits per heavy atom. The number of ether oxygens (including phenoxy) is 2. The number of aryl methyl sites for hydroxylation is 1. The number of unbranched alkanes of at least 4 members (excludes halogenated alkanes) is 6. The van der Waals surface area contributed by atoms with E-state index in [2.05, 4.69) is 51.1 Å². The highest BCUT2D eigenvalue weighted by atomic mass is 16.5. The Morgan fingerprint density at radius 3 is 2.03 bits per heavy atom. The minimum Gasteiger partial charge on any atom is -0.423 e. The van der Waals surface area contributed by atoms with E-state index in [1.807, 2.05) is 42.5 Å². The molecule has 0 radical (unpaired) electrons. The number of carbonyl (C=O) groups is 1. The van der Waals surface area contributed by atoms with Crippen molar-refractivity contribution >= 4 is 5.97 Å². The lowest BCUT2D eigenvalue weighted by Gasteiger charge is -2.14. The predicted molar refractivity (Wildman–Crippen MR) is 150 cm³/mol. The van der Waals surface area contributed by atoms with Crippen LogP contribution in [0.1, 0.15) is 99.7 Å². The van der Waals surface area contributed by atoms with E-state index in [0.717, 1.165) is 49.0 Å². The summed E-state index contributed by atoms with van der Waals surface area (Å²) >= 11 is 0. The number of hydrogen-bond acceptors (Lipinski definition) is 3. The Bertz CT molecular complexity index is 1040. The summed E-state index contributed by atoms with van der Waals surface area (Å²) < 4.78 is 11.7. The van der Waals surface area contributed by atoms with E-state index in [1.165, 1.54) is 37.7 Å². The Kier molecular flexibility index (Phi) is 11.7. The molecule has 0 aliphatic heterocycles. The lowest BCUT2D eigenvalue weighted by molar-refractivity contribution is 0.0637. The summed E-state index contributed by atoms with van der Waals surface area (Å²) in [5.41, 5.74) is 5.02. The summed E-state index contributed by atoms with van der Waals surface area (Å²) in [6, 6.07) is 24.0. The molecule has 0 saturated carbocycles. The maximum atomic E-state index is 12.9. The molecule has 0 aliphatic rings. The summed E-state index contributed by atoms with van der Waals surface area (Å²) in [6.45, 7) is 7.29. The fourth-order valence-corrected chi connectivity index (χ4v) is 4.31. The maximum absolute atomic E-state index is 12.9. The molecule has 0 saturated heterocycles. The fraction of sp³-hybridized carbons (Fsp3) is 0.424. The Hall–Kier alpha value is -2.91. The number of benzene rings is 3. The van der Waals surface area contributed by atoms with Gasteiger partial charge < -0.3 is 9.47 Å². The van der Waals surface area contributed by atoms with Gasteiger partial charge in [0.15, 0.2) is 0 Å². The van der Waals surface area contributed by atoms with Crippen LogP contribution in [0, 0.1) is 0 Å². The third-order valence-corrected chi connectivity index (χ3v) is 6.67. The monoisotopic (exact) mass is 486 g/mol. The van der Waals surface area contributed by atoms with Gasteiger partial charge in [0.1, 0.15) is 5.75 Å². The van der Waals surface area contributed by atoms with Gasteiger partial charge in [0.05, 0.1) is 11.7 Å². The highest BCUT2D eigenvalue weighted by Gasteiger charge is 2.12. The van der Waals surface area contributed by atoms with Crippen LogP contribution < -0.4 is 4.74 Å². The van der Waals surface area contributed by atoms with Crippen molar-refractivity contribution in [3.05, 3.63) is 89.5 Å². The van der Waals surface area contributed by atoms with Crippen molar-refractivity contribution in [2.24, 2.45) is 0 Å². The molecule has 0 fully saturated rings. The lowest BCUT2D eigenvalue weighted by atomic mass is 10.0.